The summed E-state index contributed by atoms with van der Waals surface area (Å²) >= 11 is 0. The number of ether oxygens (including phenoxy) is 2. The molecule has 1 saturated heterocycles. The highest BCUT2D eigenvalue weighted by Gasteiger charge is 2.38. The van der Waals surface area contributed by atoms with Crippen LogP contribution in [0.4, 0.5) is 0 Å². The number of rotatable bonds is 5. The van der Waals surface area contributed by atoms with Crippen molar-refractivity contribution in [1.29, 1.82) is 0 Å². The molecule has 0 amide bonds. The molecule has 30 heavy (non-hydrogen) atoms. The highest BCUT2D eigenvalue weighted by molar-refractivity contribution is 5.89. The minimum atomic E-state index is 0.141. The number of aromatic nitrogens is 1. The zero-order valence-electron chi connectivity index (χ0n) is 18.7. The SMILES string of the molecule is CCC1CC(Oc2cc(-c3ccccc3)nc3cc(OC)ccc23)CN1C(C)(C)C. The quantitative estimate of drug-likeness (QED) is 0.527. The molecule has 158 valence electrons. The predicted octanol–water partition coefficient (Wildman–Crippen LogP) is 5.94. The Bertz CT molecular complexity index is 1010. The molecule has 2 aromatic carbocycles. The van der Waals surface area contributed by atoms with E-state index in [2.05, 4.69) is 56.9 Å². The smallest absolute Gasteiger partial charge is 0.131 e. The number of pyridine rings is 1. The van der Waals surface area contributed by atoms with Crippen molar-refractivity contribution < 1.29 is 9.47 Å². The monoisotopic (exact) mass is 404 g/mol. The molecule has 1 fully saturated rings. The van der Waals surface area contributed by atoms with Crippen LogP contribution in [0.15, 0.2) is 54.6 Å². The highest BCUT2D eigenvalue weighted by atomic mass is 16.5. The normalized spacial score (nSPS) is 19.9. The van der Waals surface area contributed by atoms with Crippen molar-refractivity contribution in [2.75, 3.05) is 13.7 Å². The van der Waals surface area contributed by atoms with Gasteiger partial charge in [0.15, 0.2) is 0 Å². The first-order chi connectivity index (χ1) is 14.4. The van der Waals surface area contributed by atoms with Gasteiger partial charge < -0.3 is 9.47 Å². The van der Waals surface area contributed by atoms with Gasteiger partial charge in [-0.05, 0) is 39.3 Å². The fourth-order valence-corrected chi connectivity index (χ4v) is 4.50. The summed E-state index contributed by atoms with van der Waals surface area (Å²) in [6.07, 6.45) is 2.36. The summed E-state index contributed by atoms with van der Waals surface area (Å²) in [6, 6.07) is 18.9. The predicted molar refractivity (Wildman–Crippen MR) is 123 cm³/mol. The molecule has 4 rings (SSSR count). The Kier molecular flexibility index (Phi) is 5.70. The van der Waals surface area contributed by atoms with E-state index in [1.54, 1.807) is 7.11 Å². The molecule has 2 unspecified atom stereocenters. The first kappa shape index (κ1) is 20.7. The summed E-state index contributed by atoms with van der Waals surface area (Å²) < 4.78 is 12.1. The number of hydrogen-bond donors (Lipinski definition) is 0. The van der Waals surface area contributed by atoms with Crippen LogP contribution in [0.5, 0.6) is 11.5 Å². The van der Waals surface area contributed by atoms with Gasteiger partial charge in [0, 0.05) is 47.6 Å². The van der Waals surface area contributed by atoms with E-state index in [4.69, 9.17) is 14.5 Å². The van der Waals surface area contributed by atoms with Gasteiger partial charge in [0.25, 0.3) is 0 Å². The van der Waals surface area contributed by atoms with Gasteiger partial charge in [0.1, 0.15) is 17.6 Å². The van der Waals surface area contributed by atoms with Crippen molar-refractivity contribution in [3.05, 3.63) is 54.6 Å². The molecule has 2 heterocycles. The molecule has 0 saturated carbocycles. The first-order valence-electron chi connectivity index (χ1n) is 10.9. The van der Waals surface area contributed by atoms with Gasteiger partial charge in [-0.1, -0.05) is 37.3 Å². The van der Waals surface area contributed by atoms with Gasteiger partial charge in [-0.15, -0.1) is 0 Å². The summed E-state index contributed by atoms with van der Waals surface area (Å²) in [6.45, 7) is 10.1. The van der Waals surface area contributed by atoms with Crippen LogP contribution in [0.3, 0.4) is 0 Å². The van der Waals surface area contributed by atoms with Crippen molar-refractivity contribution in [3.63, 3.8) is 0 Å². The summed E-state index contributed by atoms with van der Waals surface area (Å²) in [5, 5.41) is 1.03. The van der Waals surface area contributed by atoms with Gasteiger partial charge in [0.2, 0.25) is 0 Å². The molecule has 1 aromatic heterocycles. The largest absolute Gasteiger partial charge is 0.497 e. The van der Waals surface area contributed by atoms with Crippen LogP contribution in [0.1, 0.15) is 40.5 Å². The second-order valence-electron chi connectivity index (χ2n) is 9.12. The lowest BCUT2D eigenvalue weighted by Crippen LogP contribution is -2.44. The zero-order chi connectivity index (χ0) is 21.3. The topological polar surface area (TPSA) is 34.6 Å². The molecule has 0 aliphatic carbocycles. The maximum atomic E-state index is 6.66. The Morgan fingerprint density at radius 1 is 1.07 bits per heavy atom. The number of likely N-dealkylation sites (tertiary alicyclic amines) is 1. The van der Waals surface area contributed by atoms with E-state index in [0.29, 0.717) is 6.04 Å². The van der Waals surface area contributed by atoms with Gasteiger partial charge >= 0.3 is 0 Å². The second-order valence-corrected chi connectivity index (χ2v) is 9.12. The van der Waals surface area contributed by atoms with E-state index in [-0.39, 0.29) is 11.6 Å². The molecule has 3 aromatic rings. The maximum absolute atomic E-state index is 6.66. The standard InChI is InChI=1S/C26H32N2O2/c1-6-19-14-21(17-28(19)26(2,3)4)30-25-16-23(18-10-8-7-9-11-18)27-24-15-20(29-5)12-13-22(24)25/h7-13,15-16,19,21H,6,14,17H2,1-5H3. The van der Waals surface area contributed by atoms with Crippen LogP contribution in [0.2, 0.25) is 0 Å². The third-order valence-electron chi connectivity index (χ3n) is 6.05. The summed E-state index contributed by atoms with van der Waals surface area (Å²) in [5.74, 6) is 1.70. The van der Waals surface area contributed by atoms with E-state index >= 15 is 0 Å². The fourth-order valence-electron chi connectivity index (χ4n) is 4.50. The molecule has 0 radical (unpaired) electrons. The fraction of sp³-hybridized carbons (Fsp3) is 0.423. The molecule has 1 aliphatic rings. The Morgan fingerprint density at radius 2 is 1.83 bits per heavy atom. The number of methoxy groups -OCH3 is 1. The minimum absolute atomic E-state index is 0.141. The Morgan fingerprint density at radius 3 is 2.47 bits per heavy atom. The van der Waals surface area contributed by atoms with Gasteiger partial charge in [0.05, 0.1) is 18.3 Å². The van der Waals surface area contributed by atoms with E-state index in [9.17, 15) is 0 Å². The first-order valence-corrected chi connectivity index (χ1v) is 10.9. The molecule has 0 spiro atoms. The van der Waals surface area contributed by atoms with Crippen molar-refractivity contribution in [2.45, 2.75) is 58.2 Å². The lowest BCUT2D eigenvalue weighted by atomic mass is 10.0. The maximum Gasteiger partial charge on any atom is 0.131 e. The lowest BCUT2D eigenvalue weighted by molar-refractivity contribution is 0.107. The van der Waals surface area contributed by atoms with Crippen LogP contribution in [-0.4, -0.2) is 41.2 Å². The van der Waals surface area contributed by atoms with Gasteiger partial charge in [-0.2, -0.15) is 0 Å². The highest BCUT2D eigenvalue weighted by Crippen LogP contribution is 2.36. The third-order valence-corrected chi connectivity index (χ3v) is 6.05. The van der Waals surface area contributed by atoms with Crippen molar-refractivity contribution >= 4 is 10.9 Å². The Labute approximate surface area is 179 Å². The van der Waals surface area contributed by atoms with Crippen LogP contribution in [0.25, 0.3) is 22.2 Å². The van der Waals surface area contributed by atoms with Crippen molar-refractivity contribution in [1.82, 2.24) is 9.88 Å². The average Bonchev–Trinajstić information content (AvgIpc) is 3.17. The summed E-state index contributed by atoms with van der Waals surface area (Å²) in [4.78, 5) is 7.49. The van der Waals surface area contributed by atoms with Gasteiger partial charge in [-0.25, -0.2) is 4.98 Å². The number of benzene rings is 2. The van der Waals surface area contributed by atoms with E-state index in [1.165, 1.54) is 0 Å². The molecule has 0 N–H and O–H groups in total. The molecular weight excluding hydrogens is 372 g/mol. The molecule has 4 nitrogen and oxygen atoms in total. The third kappa shape index (κ3) is 4.15. The van der Waals surface area contributed by atoms with Gasteiger partial charge in [-0.3, -0.25) is 4.90 Å². The molecular formula is C26H32N2O2. The molecule has 1 aliphatic heterocycles. The van der Waals surface area contributed by atoms with E-state index in [1.807, 2.05) is 30.3 Å². The lowest BCUT2D eigenvalue weighted by Gasteiger charge is -2.36. The summed E-state index contributed by atoms with van der Waals surface area (Å²) in [5.41, 5.74) is 3.04. The number of nitrogens with zero attached hydrogens (tertiary/aromatic N) is 2. The van der Waals surface area contributed by atoms with Crippen LogP contribution < -0.4 is 9.47 Å². The number of fused-ring (bicyclic) bond motifs is 1. The van der Waals surface area contributed by atoms with Crippen LogP contribution in [-0.2, 0) is 0 Å². The second kappa shape index (κ2) is 8.27. The Hall–Kier alpha value is -2.59. The van der Waals surface area contributed by atoms with E-state index < -0.39 is 0 Å². The van der Waals surface area contributed by atoms with Crippen molar-refractivity contribution in [3.8, 4) is 22.8 Å². The van der Waals surface area contributed by atoms with Crippen molar-refractivity contribution in [2.24, 2.45) is 0 Å². The zero-order valence-corrected chi connectivity index (χ0v) is 18.7. The molecule has 0 bridgehead atoms. The Balaban J connectivity index is 1.72. The summed E-state index contributed by atoms with van der Waals surface area (Å²) in [7, 11) is 1.68. The number of hydrogen-bond acceptors (Lipinski definition) is 4. The minimum Gasteiger partial charge on any atom is -0.497 e. The average molecular weight is 405 g/mol. The molecule has 2 atom stereocenters. The van der Waals surface area contributed by atoms with Crippen LogP contribution in [0, 0.1) is 0 Å². The van der Waals surface area contributed by atoms with E-state index in [0.717, 1.165) is 53.0 Å². The van der Waals surface area contributed by atoms with Crippen LogP contribution >= 0.6 is 0 Å². The molecule has 4 heteroatoms.